The molecular weight excluding hydrogens is 384 g/mol. The molecule has 2 heterocycles. The summed E-state index contributed by atoms with van der Waals surface area (Å²) < 4.78 is 11.3. The molecule has 2 amide bonds. The number of amides is 2. The normalized spacial score (nSPS) is 22.3. The Bertz CT molecular complexity index is 908. The van der Waals surface area contributed by atoms with Crippen LogP contribution in [0, 0.1) is 0 Å². The van der Waals surface area contributed by atoms with E-state index in [2.05, 4.69) is 20.9 Å². The van der Waals surface area contributed by atoms with Crippen molar-refractivity contribution in [2.75, 3.05) is 18.5 Å². The minimum absolute atomic E-state index is 0.0417. The lowest BCUT2D eigenvalue weighted by Crippen LogP contribution is -2.57. The Kier molecular flexibility index (Phi) is 6.24. The first-order valence-electron chi connectivity index (χ1n) is 10.0. The molecule has 0 saturated carbocycles. The first-order chi connectivity index (χ1) is 14.7. The van der Waals surface area contributed by atoms with E-state index < -0.39 is 6.04 Å². The van der Waals surface area contributed by atoms with Crippen LogP contribution in [0.5, 0.6) is 11.5 Å². The van der Waals surface area contributed by atoms with E-state index in [1.165, 1.54) is 0 Å². The number of aliphatic imine (C=N–C) groups is 1. The van der Waals surface area contributed by atoms with Crippen molar-refractivity contribution in [2.24, 2.45) is 4.99 Å². The average Bonchev–Trinajstić information content (AvgIpc) is 3.28. The van der Waals surface area contributed by atoms with E-state index in [-0.39, 0.29) is 24.3 Å². The lowest BCUT2D eigenvalue weighted by Gasteiger charge is -2.25. The van der Waals surface area contributed by atoms with Gasteiger partial charge >= 0.3 is 0 Å². The zero-order chi connectivity index (χ0) is 20.8. The number of hydrogen-bond acceptors (Lipinski definition) is 5. The Morgan fingerprint density at radius 1 is 1.13 bits per heavy atom. The van der Waals surface area contributed by atoms with Gasteiger partial charge in [-0.2, -0.15) is 0 Å². The molecular formula is C22H24N4O4. The Morgan fingerprint density at radius 2 is 1.90 bits per heavy atom. The number of guanidine groups is 1. The van der Waals surface area contributed by atoms with Crippen molar-refractivity contribution in [3.05, 3.63) is 54.6 Å². The fourth-order valence-corrected chi connectivity index (χ4v) is 3.31. The minimum atomic E-state index is -0.692. The molecule has 0 radical (unpaired) electrons. The number of hydrogen-bond donors (Lipinski definition) is 3. The third kappa shape index (κ3) is 5.36. The molecule has 0 aliphatic carbocycles. The monoisotopic (exact) mass is 408 g/mol. The van der Waals surface area contributed by atoms with Gasteiger partial charge in [0.25, 0.3) is 0 Å². The predicted octanol–water partition coefficient (Wildman–Crippen LogP) is 2.43. The third-order valence-electron chi connectivity index (χ3n) is 4.85. The number of nitrogens with zero attached hydrogens (tertiary/aromatic N) is 1. The first-order valence-corrected chi connectivity index (χ1v) is 10.0. The van der Waals surface area contributed by atoms with Crippen molar-refractivity contribution in [3.8, 4) is 11.5 Å². The second-order valence-corrected chi connectivity index (χ2v) is 7.20. The zero-order valence-corrected chi connectivity index (χ0v) is 16.5. The molecule has 2 aliphatic heterocycles. The molecule has 2 saturated heterocycles. The summed E-state index contributed by atoms with van der Waals surface area (Å²) in [4.78, 5) is 29.0. The standard InChI is InChI=1S/C22H24N4O4/c27-20-13-19(25-22(26-20)23-14-18-7-4-12-29-18)21(28)24-15-8-10-17(11-9-15)30-16-5-2-1-3-6-16/h1-3,5-6,8-11,18-19H,4,7,12-14H2,(H,24,28)(H2,23,25,26,27). The first kappa shape index (κ1) is 19.9. The highest BCUT2D eigenvalue weighted by Crippen LogP contribution is 2.22. The highest BCUT2D eigenvalue weighted by molar-refractivity contribution is 6.07. The third-order valence-corrected chi connectivity index (χ3v) is 4.85. The molecule has 30 heavy (non-hydrogen) atoms. The van der Waals surface area contributed by atoms with Gasteiger partial charge in [-0.1, -0.05) is 18.2 Å². The van der Waals surface area contributed by atoms with Gasteiger partial charge in [0.05, 0.1) is 19.1 Å². The number of ether oxygens (including phenoxy) is 2. The molecule has 8 nitrogen and oxygen atoms in total. The number of anilines is 1. The van der Waals surface area contributed by atoms with E-state index in [1.54, 1.807) is 24.3 Å². The Morgan fingerprint density at radius 3 is 2.63 bits per heavy atom. The summed E-state index contributed by atoms with van der Waals surface area (Å²) >= 11 is 0. The lowest BCUT2D eigenvalue weighted by atomic mass is 10.1. The van der Waals surface area contributed by atoms with E-state index >= 15 is 0 Å². The number of benzene rings is 2. The van der Waals surface area contributed by atoms with Crippen LogP contribution in [-0.2, 0) is 14.3 Å². The van der Waals surface area contributed by atoms with E-state index in [1.807, 2.05) is 30.3 Å². The van der Waals surface area contributed by atoms with Crippen molar-refractivity contribution in [1.29, 1.82) is 0 Å². The smallest absolute Gasteiger partial charge is 0.247 e. The van der Waals surface area contributed by atoms with Crippen LogP contribution in [0.3, 0.4) is 0 Å². The molecule has 2 aromatic carbocycles. The van der Waals surface area contributed by atoms with Crippen molar-refractivity contribution in [3.63, 3.8) is 0 Å². The summed E-state index contributed by atoms with van der Waals surface area (Å²) in [6.45, 7) is 1.20. The van der Waals surface area contributed by atoms with Gasteiger partial charge in [-0.25, -0.2) is 0 Å². The molecule has 156 valence electrons. The van der Waals surface area contributed by atoms with E-state index in [0.29, 0.717) is 23.9 Å². The largest absolute Gasteiger partial charge is 0.457 e. The van der Waals surface area contributed by atoms with Crippen LogP contribution >= 0.6 is 0 Å². The molecule has 2 aliphatic rings. The summed E-state index contributed by atoms with van der Waals surface area (Å²) in [5, 5.41) is 8.49. The van der Waals surface area contributed by atoms with E-state index in [4.69, 9.17) is 9.47 Å². The highest BCUT2D eigenvalue weighted by Gasteiger charge is 2.28. The van der Waals surface area contributed by atoms with Crippen LogP contribution in [0.2, 0.25) is 0 Å². The molecule has 2 unspecified atom stereocenters. The van der Waals surface area contributed by atoms with Crippen LogP contribution in [0.15, 0.2) is 59.6 Å². The number of para-hydroxylation sites is 1. The topological polar surface area (TPSA) is 101 Å². The summed E-state index contributed by atoms with van der Waals surface area (Å²) in [5.41, 5.74) is 0.617. The molecule has 2 atom stereocenters. The van der Waals surface area contributed by atoms with Crippen LogP contribution < -0.4 is 20.7 Å². The fraction of sp³-hybridized carbons (Fsp3) is 0.318. The maximum atomic E-state index is 12.6. The molecule has 0 bridgehead atoms. The molecule has 8 heteroatoms. The Balaban J connectivity index is 1.33. The Hall–Kier alpha value is -3.39. The number of rotatable bonds is 6. The molecule has 3 N–H and O–H groups in total. The van der Waals surface area contributed by atoms with Gasteiger partial charge < -0.3 is 20.1 Å². The van der Waals surface area contributed by atoms with Gasteiger partial charge in [0.2, 0.25) is 11.8 Å². The summed E-state index contributed by atoms with van der Waals surface area (Å²) in [6.07, 6.45) is 2.09. The van der Waals surface area contributed by atoms with E-state index in [0.717, 1.165) is 25.2 Å². The van der Waals surface area contributed by atoms with Crippen molar-refractivity contribution >= 4 is 23.5 Å². The predicted molar refractivity (Wildman–Crippen MR) is 113 cm³/mol. The quantitative estimate of drug-likeness (QED) is 0.682. The molecule has 4 rings (SSSR count). The zero-order valence-electron chi connectivity index (χ0n) is 16.5. The van der Waals surface area contributed by atoms with Crippen LogP contribution in [0.4, 0.5) is 5.69 Å². The number of carbonyl (C=O) groups is 2. The fourth-order valence-electron chi connectivity index (χ4n) is 3.31. The molecule has 0 spiro atoms. The molecule has 2 aromatic rings. The second-order valence-electron chi connectivity index (χ2n) is 7.20. The van der Waals surface area contributed by atoms with Crippen molar-refractivity contribution in [2.45, 2.75) is 31.4 Å². The van der Waals surface area contributed by atoms with Gasteiger partial charge in [0, 0.05) is 12.3 Å². The van der Waals surface area contributed by atoms with Gasteiger partial charge in [-0.05, 0) is 49.2 Å². The van der Waals surface area contributed by atoms with Crippen molar-refractivity contribution in [1.82, 2.24) is 10.6 Å². The van der Waals surface area contributed by atoms with Crippen LogP contribution in [0.25, 0.3) is 0 Å². The summed E-state index contributed by atoms with van der Waals surface area (Å²) in [5.74, 6) is 1.17. The Labute approximate surface area is 174 Å². The lowest BCUT2D eigenvalue weighted by molar-refractivity contribution is -0.125. The number of carbonyl (C=O) groups excluding carboxylic acids is 2. The van der Waals surface area contributed by atoms with Crippen LogP contribution in [-0.4, -0.2) is 43.1 Å². The number of nitrogens with one attached hydrogen (secondary N) is 3. The maximum Gasteiger partial charge on any atom is 0.247 e. The van der Waals surface area contributed by atoms with E-state index in [9.17, 15) is 9.59 Å². The maximum absolute atomic E-state index is 12.6. The van der Waals surface area contributed by atoms with Gasteiger partial charge in [-0.3, -0.25) is 19.9 Å². The minimum Gasteiger partial charge on any atom is -0.457 e. The van der Waals surface area contributed by atoms with Crippen molar-refractivity contribution < 1.29 is 19.1 Å². The summed E-state index contributed by atoms with van der Waals surface area (Å²) in [6, 6.07) is 15.8. The average molecular weight is 408 g/mol. The highest BCUT2D eigenvalue weighted by atomic mass is 16.5. The van der Waals surface area contributed by atoms with Crippen LogP contribution in [0.1, 0.15) is 19.3 Å². The second kappa shape index (κ2) is 9.41. The molecule has 2 fully saturated rings. The van der Waals surface area contributed by atoms with Gasteiger partial charge in [0.1, 0.15) is 17.5 Å². The van der Waals surface area contributed by atoms with Gasteiger partial charge in [0.15, 0.2) is 5.96 Å². The summed E-state index contributed by atoms with van der Waals surface area (Å²) in [7, 11) is 0. The van der Waals surface area contributed by atoms with Gasteiger partial charge in [-0.15, -0.1) is 0 Å². The molecule has 0 aromatic heterocycles. The SMILES string of the molecule is O=C1CC(C(=O)Nc2ccc(Oc3ccccc3)cc2)NC(=NCC2CCCO2)N1.